The van der Waals surface area contributed by atoms with E-state index in [0.717, 1.165) is 88.8 Å². The zero-order valence-corrected chi connectivity index (χ0v) is 84.8. The molecular weight excluding hydrogens is 1940 g/mol. The summed E-state index contributed by atoms with van der Waals surface area (Å²) in [6.45, 7) is 16.0. The summed E-state index contributed by atoms with van der Waals surface area (Å²) in [5.74, 6) is 9.40. The number of esters is 5. The fraction of sp³-hybridized carbons (Fsp3) is 0.642. The number of allylic oxidation sites excluding steroid dienone is 2. The van der Waals surface area contributed by atoms with Crippen molar-refractivity contribution >= 4 is 111 Å². The van der Waals surface area contributed by atoms with E-state index in [2.05, 4.69) is 109 Å². The van der Waals surface area contributed by atoms with Crippen molar-refractivity contribution in [1.82, 2.24) is 15.0 Å². The van der Waals surface area contributed by atoms with Gasteiger partial charge in [-0.05, 0) is 259 Å². The molecule has 0 radical (unpaired) electrons. The number of aliphatic hydroxyl groups is 1. The number of aliphatic hydroxyl groups excluding tert-OH is 1. The Morgan fingerprint density at radius 2 is 0.847 bits per heavy atom. The molecule has 10 aliphatic carbocycles. The molecule has 19 nitrogen and oxygen atoms in total. The van der Waals surface area contributed by atoms with Crippen molar-refractivity contribution < 1.29 is 96.3 Å². The second-order valence-electron chi connectivity index (χ2n) is 40.1. The quantitative estimate of drug-likeness (QED) is 0.0227. The number of hydrogen-bond donors (Lipinski definition) is 1. The monoisotopic (exact) mass is 2070 g/mol. The van der Waals surface area contributed by atoms with Gasteiger partial charge in [0.05, 0.1) is 79.3 Å². The molecule has 5 aliphatic heterocycles. The minimum absolute atomic E-state index is 0. The molecule has 8 heterocycles. The van der Waals surface area contributed by atoms with Crippen molar-refractivity contribution in [3.05, 3.63) is 165 Å². The zero-order chi connectivity index (χ0) is 90.7. The topological polar surface area (TPSA) is 252 Å². The van der Waals surface area contributed by atoms with Crippen molar-refractivity contribution in [2.75, 3.05) is 26.4 Å². The van der Waals surface area contributed by atoms with Gasteiger partial charge in [-0.2, -0.15) is 0 Å². The van der Waals surface area contributed by atoms with E-state index in [4.69, 9.17) is 60.7 Å². The van der Waals surface area contributed by atoms with Gasteiger partial charge in [0, 0.05) is 111 Å². The van der Waals surface area contributed by atoms with Gasteiger partial charge in [-0.15, -0.1) is 0 Å². The van der Waals surface area contributed by atoms with Crippen molar-refractivity contribution in [2.45, 2.75) is 252 Å². The van der Waals surface area contributed by atoms with E-state index in [9.17, 15) is 38.4 Å². The fourth-order valence-electron chi connectivity index (χ4n) is 27.0. The second-order valence-corrected chi connectivity index (χ2v) is 44.8. The first-order chi connectivity index (χ1) is 62.4. The van der Waals surface area contributed by atoms with Crippen LogP contribution in [-0.4, -0.2) is 113 Å². The van der Waals surface area contributed by atoms with E-state index >= 15 is 0 Å². The average molecular weight is 2080 g/mol. The van der Waals surface area contributed by atoms with E-state index in [1.54, 1.807) is 38.2 Å². The molecule has 0 amide bonds. The molecule has 15 aliphatic rings. The fourth-order valence-corrected chi connectivity index (χ4v) is 29.5. The largest absolute Gasteiger partial charge is 0.462 e. The first-order valence-electron chi connectivity index (χ1n) is 49.0. The molecule has 3 aromatic heterocycles. The number of carbonyl (C=O) groups is 6. The van der Waals surface area contributed by atoms with Gasteiger partial charge in [0.1, 0.15) is 36.8 Å². The Morgan fingerprint density at radius 3 is 1.26 bits per heavy atom. The van der Waals surface area contributed by atoms with Crippen molar-refractivity contribution in [1.29, 1.82) is 0 Å². The third-order valence-corrected chi connectivity index (χ3v) is 36.5. The molecule has 131 heavy (non-hydrogen) atoms. The maximum atomic E-state index is 12.3. The molecule has 5 saturated heterocycles. The number of ether oxygens (including phenoxy) is 6. The summed E-state index contributed by atoms with van der Waals surface area (Å²) in [6.07, 6.45) is 46.8. The number of hydrogen-bond acceptors (Lipinski definition) is 19. The van der Waals surface area contributed by atoms with Crippen LogP contribution in [0.15, 0.2) is 125 Å². The molecule has 0 unspecified atom stereocenters. The smallest absolute Gasteiger partial charge is 0.336 e. The zero-order valence-electron chi connectivity index (χ0n) is 77.6. The van der Waals surface area contributed by atoms with Crippen molar-refractivity contribution in [2.24, 2.45) is 148 Å². The van der Waals surface area contributed by atoms with Gasteiger partial charge in [-0.3, -0.25) is 43.5 Å². The number of rotatable bonds is 17. The molecule has 25 heteroatoms. The Bertz CT molecular complexity index is 4700. The number of pyridine rings is 3. The summed E-state index contributed by atoms with van der Waals surface area (Å²) in [6, 6.07) is 27.6. The normalized spacial score (nSPS) is 36.0. The van der Waals surface area contributed by atoms with E-state index in [0.29, 0.717) is 124 Å². The van der Waals surface area contributed by atoms with Crippen LogP contribution in [0, 0.1) is 155 Å². The van der Waals surface area contributed by atoms with Gasteiger partial charge in [-0.25, -0.2) is 0 Å². The third kappa shape index (κ3) is 24.3. The maximum absolute atomic E-state index is 12.3. The summed E-state index contributed by atoms with van der Waals surface area (Å²) < 4.78 is 58.8. The molecule has 2 aromatic carbocycles. The van der Waals surface area contributed by atoms with Crippen LogP contribution in [-0.2, 0) is 104 Å². The van der Waals surface area contributed by atoms with Crippen molar-refractivity contribution in [3.63, 3.8) is 0 Å². The molecular formula is C106H139Br2Cl2N3O16PPd-. The van der Waals surface area contributed by atoms with Crippen LogP contribution in [0.25, 0.3) is 23.3 Å². The summed E-state index contributed by atoms with van der Waals surface area (Å²) in [4.78, 5) is 84.6. The molecule has 0 spiro atoms. The van der Waals surface area contributed by atoms with Gasteiger partial charge >= 0.3 is 37.4 Å². The first kappa shape index (κ1) is 103. The van der Waals surface area contributed by atoms with Gasteiger partial charge in [-0.1, -0.05) is 203 Å². The van der Waals surface area contributed by atoms with Crippen LogP contribution in [0.5, 0.6) is 0 Å². The van der Waals surface area contributed by atoms with Gasteiger partial charge < -0.3 is 54.8 Å². The summed E-state index contributed by atoms with van der Waals surface area (Å²) in [5, 5.41) is 11.0. The van der Waals surface area contributed by atoms with Gasteiger partial charge in [0.15, 0.2) is 0 Å². The molecule has 0 bridgehead atoms. The molecule has 30 atom stereocenters. The number of carbonyl (C=O) groups excluding carboxylic acids is 6. The molecule has 718 valence electrons. The van der Waals surface area contributed by atoms with Crippen molar-refractivity contribution in [3.8, 4) is 11.1 Å². The van der Waals surface area contributed by atoms with Gasteiger partial charge in [0.2, 0.25) is 0 Å². The number of nitrogens with zero attached hydrogens (tertiary/aromatic N) is 3. The first-order valence-corrected chi connectivity index (χ1v) is 53.1. The van der Waals surface area contributed by atoms with Crippen LogP contribution >= 0.6 is 62.7 Å². The average Bonchev–Trinajstić information content (AvgIpc) is 1.67. The molecule has 1 N–H and O–H groups in total. The van der Waals surface area contributed by atoms with Crippen LogP contribution < -0.4 is 0 Å². The Morgan fingerprint density at radius 1 is 0.466 bits per heavy atom. The summed E-state index contributed by atoms with van der Waals surface area (Å²) in [5.41, 5.74) is 5.64. The predicted molar refractivity (Wildman–Crippen MR) is 512 cm³/mol. The van der Waals surface area contributed by atoms with Crippen LogP contribution in [0.2, 0.25) is 10.0 Å². The van der Waals surface area contributed by atoms with Gasteiger partial charge in [0.25, 0.3) is 0 Å². The van der Waals surface area contributed by atoms with E-state index in [1.807, 2.05) is 75.6 Å². The Hall–Kier alpha value is -5.34. The van der Waals surface area contributed by atoms with Crippen LogP contribution in [0.1, 0.15) is 232 Å². The Balaban J connectivity index is 0.000000136. The van der Waals surface area contributed by atoms with E-state index < -0.39 is 7.60 Å². The maximum Gasteiger partial charge on any atom is 0.336 e. The molecule has 15 fully saturated rings. The number of aldehydes is 1. The minimum Gasteiger partial charge on any atom is -0.462 e. The van der Waals surface area contributed by atoms with E-state index in [1.165, 1.54) is 128 Å². The SMILES string of the molecule is CCOP(=O)(Cc1ccc(Br)cn1)OCC.C[C@@H]1C(=O)O[C@H]2C[C@@H]3CCCC[C@H]3[C@H](/C=C/c3ccc(-c4cc(Cl)ccc4Cl)cn3)[C@H]21.C[C@@H]1C(=O)O[C@H]2C[C@@H]3CCCC[C@H]3[C@H](/C=C/c3ccc(Br)cn3)[C@H]21.C[C@@H]1C(=O)O[C@H]2C[C@@H]3CCCC[C@H]3[C@H](C=O)[C@H]21.C[C@@H]1C(=O)O[C@H]2C[C@@H]3CCCC[C@H]3[C@H](CO)[C@H]21.C[C@@H]1C(=O)O[C@H]2C[C@@H]3CCCC[C@H]3[C@H](COCc3ccccc3)[C@H]21.[CH3-].[Pd]. The predicted octanol–water partition coefficient (Wildman–Crippen LogP) is 24.4. The third-order valence-electron chi connectivity index (χ3n) is 33.0. The number of fused-ring (bicyclic) bond motifs is 10. The standard InChI is InChI=1S/C26H27Cl2NO2.C21H28O3.C20H24BrNO2.C14H22O3.C14H20O3.C10H15BrNO3P.CH3.Pd/c1-15-25-21(20-5-3-2-4-16(20)12-24(25)31-26(15)30)10-9-19-8-6-17(14-29-19)22-13-18(27)7-11-23(22)28;1-14-20-18(13-23-12-15-7-3-2-4-8-15)17-10-6-5-9-16(17)11-19(20)24-21(14)22;1-12-19-17(9-8-15-7-6-14(21)11-22-15)16-5-3-2-4-13(16)10-18(19)24-20(12)23;2*1-8-13-11(7-15)10-5-3-2-4-9(10)6-12(13)17-14(8)16;1-3-14-16(13,15-4-2)8-10-6-5-9(11)7-12-10;;/h6-11,13-16,20-21,24-25H,2-5,12H2,1H3;2-4,7-8,14,16-20H,5-6,9-13H2,1H3;6-9,11-13,16-19H,2-5,10H2,1H3;8-13,15H,2-7H2,1H3;7-13H,2-6H2,1H3;5-7H,3-4,8H2,1-2H3;1H3;/q;;;;;;-1;/b10-9+;;9-8+;;;;;/t15-,16-,20+,21-,24-,25+;14-,16-,17+,18-,19-,20+;12-,13-,16+,17-,18-,19+;2*8-,9-,10+,11-,12-,13+;;;/m00000.../s1. The Labute approximate surface area is 818 Å². The minimum atomic E-state index is -3.03. The molecule has 10 saturated carbocycles. The summed E-state index contributed by atoms with van der Waals surface area (Å²) >= 11 is 19.2. The Kier molecular flexibility index (Phi) is 37.6. The number of benzene rings is 2. The number of halogens is 4. The molecule has 5 aromatic rings. The van der Waals surface area contributed by atoms with Crippen LogP contribution in [0.4, 0.5) is 0 Å². The van der Waals surface area contributed by atoms with Crippen LogP contribution in [0.3, 0.4) is 0 Å². The van der Waals surface area contributed by atoms with E-state index in [-0.39, 0.29) is 154 Å². The summed E-state index contributed by atoms with van der Waals surface area (Å²) in [7, 11) is -3.03. The molecule has 20 rings (SSSR count). The second kappa shape index (κ2) is 47.8. The number of aromatic nitrogens is 3.